The van der Waals surface area contributed by atoms with Crippen LogP contribution in [0.5, 0.6) is 5.75 Å². The predicted molar refractivity (Wildman–Crippen MR) is 109 cm³/mol. The van der Waals surface area contributed by atoms with Crippen LogP contribution in [0.3, 0.4) is 0 Å². The molecule has 3 rings (SSSR count). The van der Waals surface area contributed by atoms with Crippen molar-refractivity contribution in [1.29, 1.82) is 0 Å². The zero-order valence-electron chi connectivity index (χ0n) is 16.1. The molecule has 2 aromatic heterocycles. The van der Waals surface area contributed by atoms with E-state index in [4.69, 9.17) is 14.7 Å². The van der Waals surface area contributed by atoms with Gasteiger partial charge in [-0.3, -0.25) is 0 Å². The molecule has 2 radical (unpaired) electrons. The molecule has 0 unspecified atom stereocenters. The molecule has 142 valence electrons. The number of nitrogens with zero attached hydrogens (tertiary/aromatic N) is 3. The van der Waals surface area contributed by atoms with E-state index in [9.17, 15) is 4.79 Å². The van der Waals surface area contributed by atoms with E-state index in [0.29, 0.717) is 19.6 Å². The SMILES string of the molecule is CCCCc1nc2c([As])nc3ccc(OCCNC(=O)CC)cc3c2n1C. The maximum absolute atomic E-state index is 11.3. The van der Waals surface area contributed by atoms with E-state index in [2.05, 4.69) is 40.7 Å². The van der Waals surface area contributed by atoms with E-state index in [-0.39, 0.29) is 5.91 Å². The Balaban J connectivity index is 1.91. The molecule has 0 spiro atoms. The van der Waals surface area contributed by atoms with Gasteiger partial charge in [0.2, 0.25) is 0 Å². The number of aromatic nitrogens is 3. The monoisotopic (exact) mass is 428 g/mol. The molecule has 0 aliphatic heterocycles. The van der Waals surface area contributed by atoms with Crippen LogP contribution in [0.25, 0.3) is 21.9 Å². The number of ether oxygens (including phenoxy) is 1. The van der Waals surface area contributed by atoms with Crippen LogP contribution in [0.15, 0.2) is 18.2 Å². The Morgan fingerprint density at radius 1 is 1.30 bits per heavy atom. The average molecular weight is 428 g/mol. The van der Waals surface area contributed by atoms with Crippen LogP contribution >= 0.6 is 0 Å². The minimum absolute atomic E-state index is 0.0334. The molecular weight excluding hydrogens is 403 g/mol. The van der Waals surface area contributed by atoms with Crippen molar-refractivity contribution in [3.63, 3.8) is 0 Å². The molecule has 1 N–H and O–H groups in total. The summed E-state index contributed by atoms with van der Waals surface area (Å²) in [7, 11) is 2.07. The van der Waals surface area contributed by atoms with Crippen molar-refractivity contribution in [2.45, 2.75) is 39.5 Å². The van der Waals surface area contributed by atoms with Crippen LogP contribution in [0.2, 0.25) is 0 Å². The van der Waals surface area contributed by atoms with E-state index in [1.165, 1.54) is 0 Å². The summed E-state index contributed by atoms with van der Waals surface area (Å²) >= 11 is 2.53. The number of carbonyl (C=O) groups is 1. The Morgan fingerprint density at radius 3 is 2.85 bits per heavy atom. The van der Waals surface area contributed by atoms with E-state index >= 15 is 0 Å². The number of rotatable bonds is 8. The number of amides is 1. The number of benzene rings is 1. The van der Waals surface area contributed by atoms with Gasteiger partial charge in [0.15, 0.2) is 0 Å². The molecule has 2 heterocycles. The fourth-order valence-corrected chi connectivity index (χ4v) is 3.66. The van der Waals surface area contributed by atoms with Gasteiger partial charge in [-0.1, -0.05) is 6.92 Å². The first kappa shape index (κ1) is 19.7. The van der Waals surface area contributed by atoms with Gasteiger partial charge >= 0.3 is 161 Å². The molecule has 1 amide bonds. The number of hydrogen-bond donors (Lipinski definition) is 1. The van der Waals surface area contributed by atoms with Crippen LogP contribution in [0, 0.1) is 0 Å². The predicted octanol–water partition coefficient (Wildman–Crippen LogP) is 2.16. The second-order valence-corrected chi connectivity index (χ2v) is 7.44. The Labute approximate surface area is 168 Å². The van der Waals surface area contributed by atoms with Crippen LogP contribution in [-0.4, -0.2) is 50.4 Å². The second kappa shape index (κ2) is 8.74. The van der Waals surface area contributed by atoms with Crippen LogP contribution < -0.4 is 14.5 Å². The van der Waals surface area contributed by atoms with Gasteiger partial charge in [-0.25, -0.2) is 0 Å². The zero-order valence-corrected chi connectivity index (χ0v) is 18.0. The third kappa shape index (κ3) is 4.27. The first-order valence-electron chi connectivity index (χ1n) is 9.42. The standard InChI is InChI=1S/C20H25AsN4O2/c1-4-6-7-16-24-18-19(25(16)3)14-12-13(8-9-15(14)23-20(18)21)27-11-10-22-17(26)5-2/h8-9,12H,4-7,10-11H2,1-3H3,(H,22,26). The molecule has 3 aromatic rings. The molecule has 0 saturated heterocycles. The quantitative estimate of drug-likeness (QED) is 0.441. The topological polar surface area (TPSA) is 69.0 Å². The minimum atomic E-state index is 0.0334. The van der Waals surface area contributed by atoms with Gasteiger partial charge in [0, 0.05) is 0 Å². The van der Waals surface area contributed by atoms with Crippen molar-refractivity contribution in [2.24, 2.45) is 7.05 Å². The molecule has 6 nitrogen and oxygen atoms in total. The van der Waals surface area contributed by atoms with E-state index in [0.717, 1.165) is 57.3 Å². The van der Waals surface area contributed by atoms with Crippen molar-refractivity contribution in [1.82, 2.24) is 19.9 Å². The Hall–Kier alpha value is -2.07. The Morgan fingerprint density at radius 2 is 2.11 bits per heavy atom. The molecular formula is C20H25AsN4O2. The Bertz CT molecular complexity index is 968. The number of carbonyl (C=O) groups excluding carboxylic acids is 1. The zero-order chi connectivity index (χ0) is 19.4. The first-order valence-corrected chi connectivity index (χ1v) is 10.4. The van der Waals surface area contributed by atoms with Crippen molar-refractivity contribution in [2.75, 3.05) is 13.2 Å². The van der Waals surface area contributed by atoms with Crippen LogP contribution in [0.4, 0.5) is 0 Å². The van der Waals surface area contributed by atoms with Gasteiger partial charge in [-0.15, -0.1) is 0 Å². The third-order valence-electron chi connectivity index (χ3n) is 4.62. The third-order valence-corrected chi connectivity index (χ3v) is 5.27. The fourth-order valence-electron chi connectivity index (χ4n) is 3.11. The van der Waals surface area contributed by atoms with Gasteiger partial charge < -0.3 is 0 Å². The van der Waals surface area contributed by atoms with Gasteiger partial charge in [-0.2, -0.15) is 0 Å². The number of aryl methyl sites for hydroxylation is 2. The summed E-state index contributed by atoms with van der Waals surface area (Å²) in [6.07, 6.45) is 3.71. The summed E-state index contributed by atoms with van der Waals surface area (Å²) in [4.78, 5) is 20.8. The number of hydrogen-bond acceptors (Lipinski definition) is 4. The van der Waals surface area contributed by atoms with Crippen molar-refractivity contribution in [3.05, 3.63) is 24.0 Å². The number of imidazole rings is 1. The molecule has 0 aliphatic carbocycles. The molecule has 27 heavy (non-hydrogen) atoms. The summed E-state index contributed by atoms with van der Waals surface area (Å²) in [6, 6.07) is 5.91. The number of nitrogens with one attached hydrogen (secondary N) is 1. The van der Waals surface area contributed by atoms with E-state index in [1.54, 1.807) is 0 Å². The molecule has 7 heteroatoms. The van der Waals surface area contributed by atoms with Gasteiger partial charge in [0.05, 0.1) is 0 Å². The normalized spacial score (nSPS) is 11.3. The maximum atomic E-state index is 11.3. The first-order chi connectivity index (χ1) is 13.0. The second-order valence-electron chi connectivity index (χ2n) is 6.55. The summed E-state index contributed by atoms with van der Waals surface area (Å²) in [5.74, 6) is 1.89. The van der Waals surface area contributed by atoms with E-state index in [1.807, 2.05) is 25.1 Å². The summed E-state index contributed by atoms with van der Waals surface area (Å²) in [5, 5.41) is 3.85. The number of fused-ring (bicyclic) bond motifs is 3. The molecule has 0 aliphatic rings. The van der Waals surface area contributed by atoms with Crippen molar-refractivity contribution < 1.29 is 9.53 Å². The summed E-state index contributed by atoms with van der Waals surface area (Å²) in [5.41, 5.74) is 2.95. The number of pyridine rings is 1. The summed E-state index contributed by atoms with van der Waals surface area (Å²) < 4.78 is 8.89. The van der Waals surface area contributed by atoms with Crippen molar-refractivity contribution >= 4 is 49.2 Å². The molecule has 0 fully saturated rings. The van der Waals surface area contributed by atoms with Gasteiger partial charge in [-0.05, 0) is 0 Å². The molecule has 0 saturated carbocycles. The molecule has 1 aromatic carbocycles. The molecule has 0 bridgehead atoms. The van der Waals surface area contributed by atoms with Gasteiger partial charge in [0.25, 0.3) is 0 Å². The molecule has 0 atom stereocenters. The van der Waals surface area contributed by atoms with Crippen LogP contribution in [0.1, 0.15) is 38.9 Å². The average Bonchev–Trinajstić information content (AvgIpc) is 3.01. The van der Waals surface area contributed by atoms with Gasteiger partial charge in [0.1, 0.15) is 0 Å². The van der Waals surface area contributed by atoms with Crippen molar-refractivity contribution in [3.8, 4) is 5.75 Å². The fraction of sp³-hybridized carbons (Fsp3) is 0.450. The van der Waals surface area contributed by atoms with Crippen LogP contribution in [-0.2, 0) is 18.3 Å². The number of unbranched alkanes of at least 4 members (excludes halogenated alkanes) is 1. The van der Waals surface area contributed by atoms with E-state index < -0.39 is 0 Å². The Kier molecular flexibility index (Phi) is 6.37. The summed E-state index contributed by atoms with van der Waals surface area (Å²) in [6.45, 7) is 4.95.